The molecular weight excluding hydrogens is 307 g/mol. The second-order valence-electron chi connectivity index (χ2n) is 6.16. The number of nitrogens with zero attached hydrogens (tertiary/aromatic N) is 3. The highest BCUT2D eigenvalue weighted by molar-refractivity contribution is 5.76. The maximum atomic E-state index is 13.0. The van der Waals surface area contributed by atoms with Crippen molar-refractivity contribution in [3.05, 3.63) is 48.0 Å². The van der Waals surface area contributed by atoms with Gasteiger partial charge in [0, 0.05) is 44.5 Å². The van der Waals surface area contributed by atoms with Crippen LogP contribution in [0.15, 0.2) is 36.7 Å². The highest BCUT2D eigenvalue weighted by atomic mass is 19.1. The Balaban J connectivity index is 1.47. The minimum absolute atomic E-state index is 0.219. The summed E-state index contributed by atoms with van der Waals surface area (Å²) in [4.78, 5) is 16.6. The van der Waals surface area contributed by atoms with Crippen molar-refractivity contribution in [3.63, 3.8) is 0 Å². The van der Waals surface area contributed by atoms with Crippen LogP contribution in [0.1, 0.15) is 24.8 Å². The molecule has 6 heteroatoms. The van der Waals surface area contributed by atoms with Crippen LogP contribution in [0.5, 0.6) is 0 Å². The van der Waals surface area contributed by atoms with E-state index in [1.807, 2.05) is 11.1 Å². The summed E-state index contributed by atoms with van der Waals surface area (Å²) in [5.74, 6) is 0.00227. The lowest BCUT2D eigenvalue weighted by Gasteiger charge is -2.23. The Kier molecular flexibility index (Phi) is 5.46. The average molecular weight is 330 g/mol. The third-order valence-corrected chi connectivity index (χ3v) is 4.45. The molecule has 1 aliphatic rings. The van der Waals surface area contributed by atoms with Gasteiger partial charge in [-0.2, -0.15) is 5.10 Å². The molecular formula is C18H23FN4O. The number of rotatable bonds is 5. The van der Waals surface area contributed by atoms with Gasteiger partial charge < -0.3 is 9.80 Å². The van der Waals surface area contributed by atoms with Gasteiger partial charge in [-0.25, -0.2) is 4.39 Å². The molecule has 2 aromatic rings. The van der Waals surface area contributed by atoms with Gasteiger partial charge in [-0.15, -0.1) is 0 Å². The predicted octanol–water partition coefficient (Wildman–Crippen LogP) is 2.61. The summed E-state index contributed by atoms with van der Waals surface area (Å²) in [5, 5.41) is 6.70. The van der Waals surface area contributed by atoms with Crippen LogP contribution in [0.3, 0.4) is 0 Å². The van der Waals surface area contributed by atoms with E-state index < -0.39 is 0 Å². The highest BCUT2D eigenvalue weighted by Gasteiger charge is 2.19. The molecule has 0 bridgehead atoms. The molecule has 24 heavy (non-hydrogen) atoms. The van der Waals surface area contributed by atoms with E-state index in [2.05, 4.69) is 15.1 Å². The number of benzene rings is 1. The van der Waals surface area contributed by atoms with Gasteiger partial charge in [0.25, 0.3) is 0 Å². The molecule has 1 amide bonds. The lowest BCUT2D eigenvalue weighted by Crippen LogP contribution is -2.35. The van der Waals surface area contributed by atoms with Crippen LogP contribution < -0.4 is 4.90 Å². The summed E-state index contributed by atoms with van der Waals surface area (Å²) in [6.07, 6.45) is 6.90. The van der Waals surface area contributed by atoms with Gasteiger partial charge in [-0.3, -0.25) is 9.89 Å². The summed E-state index contributed by atoms with van der Waals surface area (Å²) < 4.78 is 13.0. The topological polar surface area (TPSA) is 52.2 Å². The number of amides is 1. The van der Waals surface area contributed by atoms with Crippen molar-refractivity contribution in [2.75, 3.05) is 31.1 Å². The van der Waals surface area contributed by atoms with E-state index in [9.17, 15) is 9.18 Å². The largest absolute Gasteiger partial charge is 0.370 e. The van der Waals surface area contributed by atoms with Crippen molar-refractivity contribution in [2.24, 2.45) is 0 Å². The Morgan fingerprint density at radius 1 is 1.17 bits per heavy atom. The number of H-pyrrole nitrogens is 1. The summed E-state index contributed by atoms with van der Waals surface area (Å²) in [7, 11) is 0. The molecule has 1 saturated heterocycles. The molecule has 1 aromatic carbocycles. The van der Waals surface area contributed by atoms with Crippen molar-refractivity contribution in [3.8, 4) is 0 Å². The summed E-state index contributed by atoms with van der Waals surface area (Å²) in [6, 6.07) is 6.58. The number of aromatic amines is 1. The molecule has 1 aliphatic heterocycles. The fourth-order valence-corrected chi connectivity index (χ4v) is 3.09. The fraction of sp³-hybridized carbons (Fsp3) is 0.444. The summed E-state index contributed by atoms with van der Waals surface area (Å²) >= 11 is 0. The van der Waals surface area contributed by atoms with Crippen LogP contribution in [0, 0.1) is 5.82 Å². The second-order valence-corrected chi connectivity index (χ2v) is 6.16. The van der Waals surface area contributed by atoms with Crippen LogP contribution in [0.4, 0.5) is 10.1 Å². The van der Waals surface area contributed by atoms with Crippen LogP contribution >= 0.6 is 0 Å². The summed E-state index contributed by atoms with van der Waals surface area (Å²) in [6.45, 7) is 3.20. The predicted molar refractivity (Wildman–Crippen MR) is 91.3 cm³/mol. The number of carbonyl (C=O) groups is 1. The molecule has 0 saturated carbocycles. The third kappa shape index (κ3) is 4.34. The molecule has 0 spiro atoms. The van der Waals surface area contributed by atoms with Crippen molar-refractivity contribution in [2.45, 2.75) is 25.7 Å². The molecule has 5 nitrogen and oxygen atoms in total. The van der Waals surface area contributed by atoms with Crippen LogP contribution in [0.25, 0.3) is 0 Å². The van der Waals surface area contributed by atoms with Crippen molar-refractivity contribution < 1.29 is 9.18 Å². The van der Waals surface area contributed by atoms with E-state index >= 15 is 0 Å². The van der Waals surface area contributed by atoms with Gasteiger partial charge in [-0.1, -0.05) is 0 Å². The molecule has 0 atom stereocenters. The van der Waals surface area contributed by atoms with Crippen molar-refractivity contribution >= 4 is 11.6 Å². The molecule has 128 valence electrons. The molecule has 0 radical (unpaired) electrons. The number of aryl methyl sites for hydroxylation is 1. The number of nitrogens with one attached hydrogen (secondary N) is 1. The SMILES string of the molecule is O=C(CCCc1cn[nH]c1)N1CCCN(c2ccc(F)cc2)CC1. The quantitative estimate of drug-likeness (QED) is 0.917. The van der Waals surface area contributed by atoms with Crippen molar-refractivity contribution in [1.82, 2.24) is 15.1 Å². The van der Waals surface area contributed by atoms with Gasteiger partial charge in [0.1, 0.15) is 5.82 Å². The zero-order valence-corrected chi connectivity index (χ0v) is 13.7. The van der Waals surface area contributed by atoms with E-state index in [0.717, 1.165) is 56.7 Å². The molecule has 2 heterocycles. The van der Waals surface area contributed by atoms with E-state index in [0.29, 0.717) is 6.42 Å². The average Bonchev–Trinajstić information content (AvgIpc) is 2.98. The standard InChI is InChI=1S/C18H23FN4O/c19-16-5-7-17(8-6-16)22-9-2-10-23(12-11-22)18(24)4-1-3-15-13-20-21-14-15/h5-8,13-14H,1-4,9-12H2,(H,20,21). The maximum Gasteiger partial charge on any atom is 0.222 e. The van der Waals surface area contributed by atoms with Crippen LogP contribution in [-0.4, -0.2) is 47.2 Å². The number of halogens is 1. The Bertz CT molecular complexity index is 642. The molecule has 0 aliphatic carbocycles. The Morgan fingerprint density at radius 3 is 2.75 bits per heavy atom. The molecule has 0 unspecified atom stereocenters. The summed E-state index contributed by atoms with van der Waals surface area (Å²) in [5.41, 5.74) is 2.16. The highest BCUT2D eigenvalue weighted by Crippen LogP contribution is 2.17. The monoisotopic (exact) mass is 330 g/mol. The first-order valence-electron chi connectivity index (χ1n) is 8.48. The van der Waals surface area contributed by atoms with Gasteiger partial charge in [0.2, 0.25) is 5.91 Å². The minimum Gasteiger partial charge on any atom is -0.370 e. The first-order chi connectivity index (χ1) is 11.7. The first-order valence-corrected chi connectivity index (χ1v) is 8.48. The zero-order chi connectivity index (χ0) is 16.8. The van der Waals surface area contributed by atoms with Gasteiger partial charge in [0.15, 0.2) is 0 Å². The Morgan fingerprint density at radius 2 is 2.00 bits per heavy atom. The number of hydrogen-bond donors (Lipinski definition) is 1. The fourth-order valence-electron chi connectivity index (χ4n) is 3.09. The number of aromatic nitrogens is 2. The van der Waals surface area contributed by atoms with Crippen LogP contribution in [0.2, 0.25) is 0 Å². The molecule has 1 aromatic heterocycles. The second kappa shape index (κ2) is 7.95. The lowest BCUT2D eigenvalue weighted by atomic mass is 10.1. The van der Waals surface area contributed by atoms with E-state index in [-0.39, 0.29) is 11.7 Å². The van der Waals surface area contributed by atoms with Gasteiger partial charge >= 0.3 is 0 Å². The normalized spacial score (nSPS) is 15.4. The Hall–Kier alpha value is -2.37. The number of carbonyl (C=O) groups excluding carboxylic acids is 1. The van der Waals surface area contributed by atoms with Crippen LogP contribution in [-0.2, 0) is 11.2 Å². The maximum absolute atomic E-state index is 13.0. The third-order valence-electron chi connectivity index (χ3n) is 4.45. The van der Waals surface area contributed by atoms with E-state index in [1.54, 1.807) is 18.3 Å². The first kappa shape index (κ1) is 16.5. The molecule has 3 rings (SSSR count). The number of anilines is 1. The minimum atomic E-state index is -0.219. The smallest absolute Gasteiger partial charge is 0.222 e. The zero-order valence-electron chi connectivity index (χ0n) is 13.7. The van der Waals surface area contributed by atoms with E-state index in [4.69, 9.17) is 0 Å². The Labute approximate surface area is 141 Å². The lowest BCUT2D eigenvalue weighted by molar-refractivity contribution is -0.131. The van der Waals surface area contributed by atoms with E-state index in [1.165, 1.54) is 12.1 Å². The molecule has 1 N–H and O–H groups in total. The van der Waals surface area contributed by atoms with Gasteiger partial charge in [0.05, 0.1) is 6.20 Å². The van der Waals surface area contributed by atoms with Crippen molar-refractivity contribution in [1.29, 1.82) is 0 Å². The molecule has 1 fully saturated rings. The number of hydrogen-bond acceptors (Lipinski definition) is 3. The van der Waals surface area contributed by atoms with Gasteiger partial charge in [-0.05, 0) is 49.1 Å².